The van der Waals surface area contributed by atoms with Crippen LogP contribution in [0.2, 0.25) is 0 Å². The highest BCUT2D eigenvalue weighted by Crippen LogP contribution is 2.33. The van der Waals surface area contributed by atoms with Crippen molar-refractivity contribution in [3.05, 3.63) is 20.8 Å². The fourth-order valence-electron chi connectivity index (χ4n) is 2.49. The lowest BCUT2D eigenvalue weighted by Gasteiger charge is -2.34. The first-order chi connectivity index (χ1) is 8.66. The van der Waals surface area contributed by atoms with E-state index >= 15 is 0 Å². The smallest absolute Gasteiger partial charge is 0.0443 e. The van der Waals surface area contributed by atoms with Crippen LogP contribution in [0.4, 0.5) is 0 Å². The van der Waals surface area contributed by atoms with E-state index in [-0.39, 0.29) is 24.8 Å². The second-order valence-corrected chi connectivity index (χ2v) is 7.30. The van der Waals surface area contributed by atoms with Crippen molar-refractivity contribution in [3.8, 4) is 0 Å². The molecule has 6 heteroatoms. The molecule has 0 aromatic carbocycles. The van der Waals surface area contributed by atoms with Gasteiger partial charge in [0.25, 0.3) is 0 Å². The molecule has 1 aromatic rings. The Bertz CT molecular complexity index is 368. The van der Waals surface area contributed by atoms with E-state index in [1.54, 1.807) is 0 Å². The number of thiophene rings is 1. The predicted octanol–water partition coefficient (Wildman–Crippen LogP) is 4.74. The van der Waals surface area contributed by atoms with Crippen LogP contribution >= 0.6 is 52.1 Å². The molecule has 0 aliphatic carbocycles. The standard InChI is InChI=1S/C14H23BrN2S.2ClH/c1-11(2)3-4-13(14-9-12(15)10-18-14)17-7-5-16-6-8-17;;/h9-11,13,16H,3-8H2,1-2H3;2*1H/t13-;;/m1../s1. The van der Waals surface area contributed by atoms with Gasteiger partial charge in [0.1, 0.15) is 0 Å². The number of nitrogens with one attached hydrogen (secondary N) is 1. The monoisotopic (exact) mass is 402 g/mol. The third-order valence-electron chi connectivity index (χ3n) is 3.53. The summed E-state index contributed by atoms with van der Waals surface area (Å²) in [6.45, 7) is 9.25. The van der Waals surface area contributed by atoms with Gasteiger partial charge >= 0.3 is 0 Å². The third kappa shape index (κ3) is 6.20. The average molecular weight is 404 g/mol. The SMILES string of the molecule is CC(C)CC[C@H](c1cc(Br)cs1)N1CCNCC1.Cl.Cl. The molecule has 2 heterocycles. The molecule has 1 aliphatic heterocycles. The van der Waals surface area contributed by atoms with E-state index in [1.165, 1.54) is 35.3 Å². The number of nitrogens with zero attached hydrogens (tertiary/aromatic N) is 1. The van der Waals surface area contributed by atoms with Crippen LogP contribution in [0.15, 0.2) is 15.9 Å². The van der Waals surface area contributed by atoms with E-state index in [1.807, 2.05) is 11.3 Å². The molecule has 0 spiro atoms. The lowest BCUT2D eigenvalue weighted by Crippen LogP contribution is -2.45. The van der Waals surface area contributed by atoms with E-state index in [0.29, 0.717) is 6.04 Å². The highest BCUT2D eigenvalue weighted by atomic mass is 79.9. The van der Waals surface area contributed by atoms with Crippen molar-refractivity contribution < 1.29 is 0 Å². The normalized spacial score (nSPS) is 17.4. The largest absolute Gasteiger partial charge is 0.314 e. The molecular weight excluding hydrogens is 379 g/mol. The Morgan fingerprint density at radius 2 is 1.90 bits per heavy atom. The molecule has 0 saturated carbocycles. The van der Waals surface area contributed by atoms with Crippen LogP contribution in [0.3, 0.4) is 0 Å². The number of hydrogen-bond donors (Lipinski definition) is 1. The Morgan fingerprint density at radius 1 is 1.25 bits per heavy atom. The molecule has 20 heavy (non-hydrogen) atoms. The molecule has 118 valence electrons. The lowest BCUT2D eigenvalue weighted by atomic mass is 10.0. The zero-order valence-electron chi connectivity index (χ0n) is 12.1. The summed E-state index contributed by atoms with van der Waals surface area (Å²) in [5, 5.41) is 5.65. The van der Waals surface area contributed by atoms with Crippen molar-refractivity contribution in [2.45, 2.75) is 32.7 Å². The van der Waals surface area contributed by atoms with E-state index < -0.39 is 0 Å². The quantitative estimate of drug-likeness (QED) is 0.763. The molecule has 0 bridgehead atoms. The first-order valence-electron chi connectivity index (χ1n) is 6.85. The number of rotatable bonds is 5. The fraction of sp³-hybridized carbons (Fsp3) is 0.714. The van der Waals surface area contributed by atoms with Crippen molar-refractivity contribution in [2.75, 3.05) is 26.2 Å². The molecule has 2 rings (SSSR count). The minimum Gasteiger partial charge on any atom is -0.314 e. The van der Waals surface area contributed by atoms with Crippen molar-refractivity contribution in [1.29, 1.82) is 0 Å². The van der Waals surface area contributed by atoms with Gasteiger partial charge in [-0.25, -0.2) is 0 Å². The van der Waals surface area contributed by atoms with Crippen LogP contribution in [0.25, 0.3) is 0 Å². The van der Waals surface area contributed by atoms with Crippen molar-refractivity contribution in [3.63, 3.8) is 0 Å². The Balaban J connectivity index is 0.00000180. The summed E-state index contributed by atoms with van der Waals surface area (Å²) in [6.07, 6.45) is 2.59. The van der Waals surface area contributed by atoms with Crippen LogP contribution in [-0.4, -0.2) is 31.1 Å². The lowest BCUT2D eigenvalue weighted by molar-refractivity contribution is 0.162. The second kappa shape index (κ2) is 10.4. The maximum atomic E-state index is 3.58. The van der Waals surface area contributed by atoms with E-state index in [4.69, 9.17) is 0 Å². The highest BCUT2D eigenvalue weighted by Gasteiger charge is 2.23. The van der Waals surface area contributed by atoms with Gasteiger partial charge in [0.15, 0.2) is 0 Å². The predicted molar refractivity (Wildman–Crippen MR) is 97.8 cm³/mol. The van der Waals surface area contributed by atoms with Gasteiger partial charge in [0, 0.05) is 47.0 Å². The van der Waals surface area contributed by atoms with Crippen LogP contribution in [-0.2, 0) is 0 Å². The summed E-state index contributed by atoms with van der Waals surface area (Å²) in [5.41, 5.74) is 0. The number of halogens is 3. The Labute approximate surface area is 147 Å². The zero-order valence-corrected chi connectivity index (χ0v) is 16.1. The summed E-state index contributed by atoms with van der Waals surface area (Å²) >= 11 is 5.48. The molecule has 1 aromatic heterocycles. The first-order valence-corrected chi connectivity index (χ1v) is 8.53. The molecule has 1 aliphatic rings. The Hall–Kier alpha value is 0.680. The van der Waals surface area contributed by atoms with Gasteiger partial charge in [-0.2, -0.15) is 0 Å². The van der Waals surface area contributed by atoms with E-state index in [0.717, 1.165) is 19.0 Å². The van der Waals surface area contributed by atoms with Gasteiger partial charge in [0.2, 0.25) is 0 Å². The van der Waals surface area contributed by atoms with Crippen LogP contribution in [0, 0.1) is 5.92 Å². The topological polar surface area (TPSA) is 15.3 Å². The van der Waals surface area contributed by atoms with Gasteiger partial charge in [0.05, 0.1) is 0 Å². The minimum absolute atomic E-state index is 0. The molecule has 2 nitrogen and oxygen atoms in total. The molecule has 0 amide bonds. The Kier molecular flexibility index (Phi) is 10.8. The van der Waals surface area contributed by atoms with Crippen molar-refractivity contribution in [2.24, 2.45) is 5.92 Å². The molecule has 1 N–H and O–H groups in total. The maximum Gasteiger partial charge on any atom is 0.0443 e. The molecule has 1 fully saturated rings. The third-order valence-corrected chi connectivity index (χ3v) is 5.32. The summed E-state index contributed by atoms with van der Waals surface area (Å²) in [4.78, 5) is 4.17. The van der Waals surface area contributed by atoms with Crippen LogP contribution in [0.5, 0.6) is 0 Å². The van der Waals surface area contributed by atoms with Crippen LogP contribution < -0.4 is 5.32 Å². The second-order valence-electron chi connectivity index (χ2n) is 5.44. The maximum absolute atomic E-state index is 3.58. The summed E-state index contributed by atoms with van der Waals surface area (Å²) in [5.74, 6) is 0.791. The summed E-state index contributed by atoms with van der Waals surface area (Å²) < 4.78 is 1.23. The highest BCUT2D eigenvalue weighted by molar-refractivity contribution is 9.10. The van der Waals surface area contributed by atoms with E-state index in [2.05, 4.69) is 51.4 Å². The Morgan fingerprint density at radius 3 is 2.40 bits per heavy atom. The van der Waals surface area contributed by atoms with Gasteiger partial charge in [-0.1, -0.05) is 13.8 Å². The van der Waals surface area contributed by atoms with Crippen molar-refractivity contribution in [1.82, 2.24) is 10.2 Å². The minimum atomic E-state index is 0. The van der Waals surface area contributed by atoms with Gasteiger partial charge in [-0.3, -0.25) is 4.90 Å². The molecular formula is C14H25BrCl2N2S. The van der Waals surface area contributed by atoms with Crippen LogP contribution in [0.1, 0.15) is 37.6 Å². The number of hydrogen-bond acceptors (Lipinski definition) is 3. The van der Waals surface area contributed by atoms with Gasteiger partial charge in [-0.15, -0.1) is 36.2 Å². The van der Waals surface area contributed by atoms with Crippen molar-refractivity contribution >= 4 is 52.1 Å². The first kappa shape index (κ1) is 20.7. The molecule has 1 saturated heterocycles. The summed E-state index contributed by atoms with van der Waals surface area (Å²) in [7, 11) is 0. The molecule has 1 atom stereocenters. The average Bonchev–Trinajstić information content (AvgIpc) is 2.77. The molecule has 0 radical (unpaired) electrons. The summed E-state index contributed by atoms with van der Waals surface area (Å²) in [6, 6.07) is 2.92. The van der Waals surface area contributed by atoms with Gasteiger partial charge < -0.3 is 5.32 Å². The van der Waals surface area contributed by atoms with E-state index in [9.17, 15) is 0 Å². The zero-order chi connectivity index (χ0) is 13.0. The number of piperazine rings is 1. The molecule has 0 unspecified atom stereocenters. The van der Waals surface area contributed by atoms with Gasteiger partial charge in [-0.05, 0) is 40.8 Å². The fourth-order valence-corrected chi connectivity index (χ4v) is 4.11.